The first-order valence-corrected chi connectivity index (χ1v) is 6.95. The molecule has 0 spiro atoms. The van der Waals surface area contributed by atoms with Gasteiger partial charge in [-0.05, 0) is 30.7 Å². The van der Waals surface area contributed by atoms with Crippen molar-refractivity contribution in [3.63, 3.8) is 0 Å². The van der Waals surface area contributed by atoms with E-state index in [4.69, 9.17) is 4.84 Å². The summed E-state index contributed by atoms with van der Waals surface area (Å²) in [6.45, 7) is 2.21. The van der Waals surface area contributed by atoms with E-state index in [1.165, 1.54) is 12.1 Å². The molecule has 4 nitrogen and oxygen atoms in total. The summed E-state index contributed by atoms with van der Waals surface area (Å²) in [5, 5.41) is 4.03. The van der Waals surface area contributed by atoms with Crippen LogP contribution in [-0.4, -0.2) is 23.2 Å². The minimum absolute atomic E-state index is 0.0868. The maximum absolute atomic E-state index is 13.0. The van der Waals surface area contributed by atoms with Crippen molar-refractivity contribution in [2.24, 2.45) is 5.16 Å². The van der Waals surface area contributed by atoms with Crippen molar-refractivity contribution >= 4 is 11.7 Å². The molecule has 0 radical (unpaired) electrons. The fraction of sp³-hybridized carbons (Fsp3) is 0.176. The monoisotopic (exact) mass is 298 g/mol. The summed E-state index contributed by atoms with van der Waals surface area (Å²) in [6, 6.07) is 13.8. The normalized spacial score (nSPS) is 14.5. The molecule has 0 unspecified atom stereocenters. The van der Waals surface area contributed by atoms with Gasteiger partial charge in [-0.2, -0.15) is 0 Å². The van der Waals surface area contributed by atoms with Gasteiger partial charge in [-0.25, -0.2) is 4.39 Å². The highest BCUT2D eigenvalue weighted by molar-refractivity contribution is 6.08. The topological polar surface area (TPSA) is 41.9 Å². The molecule has 0 aliphatic carbocycles. The quantitative estimate of drug-likeness (QED) is 0.874. The number of halogens is 1. The molecule has 0 saturated heterocycles. The van der Waals surface area contributed by atoms with Gasteiger partial charge < -0.3 is 4.84 Å². The van der Waals surface area contributed by atoms with Crippen molar-refractivity contribution in [2.45, 2.75) is 13.5 Å². The first-order valence-electron chi connectivity index (χ1n) is 6.95. The molecule has 0 aromatic heterocycles. The van der Waals surface area contributed by atoms with E-state index in [2.05, 4.69) is 5.16 Å². The smallest absolute Gasteiger partial charge is 0.269 e. The molecule has 2 aromatic rings. The van der Waals surface area contributed by atoms with Gasteiger partial charge in [0.15, 0.2) is 12.4 Å². The standard InChI is InChI=1S/C17H15FN2O2/c1-12-3-2-4-14(9-12)17-19-22-11-16(21)20(17)10-13-5-7-15(18)8-6-13/h2-9H,10-11H2,1H3. The van der Waals surface area contributed by atoms with Crippen molar-refractivity contribution in [3.8, 4) is 0 Å². The van der Waals surface area contributed by atoms with Crippen LogP contribution in [0.2, 0.25) is 0 Å². The number of nitrogens with zero attached hydrogens (tertiary/aromatic N) is 2. The van der Waals surface area contributed by atoms with Crippen LogP contribution < -0.4 is 0 Å². The Bertz CT molecular complexity index is 726. The molecule has 0 N–H and O–H groups in total. The predicted molar refractivity (Wildman–Crippen MR) is 80.6 cm³/mol. The van der Waals surface area contributed by atoms with Crippen molar-refractivity contribution in [1.29, 1.82) is 0 Å². The average molecular weight is 298 g/mol. The van der Waals surface area contributed by atoms with Gasteiger partial charge in [-0.15, -0.1) is 0 Å². The molecule has 0 saturated carbocycles. The van der Waals surface area contributed by atoms with Crippen LogP contribution in [0.4, 0.5) is 4.39 Å². The van der Waals surface area contributed by atoms with Crippen LogP contribution in [0.25, 0.3) is 0 Å². The average Bonchev–Trinajstić information content (AvgIpc) is 2.51. The highest BCUT2D eigenvalue weighted by atomic mass is 19.1. The molecule has 1 aliphatic rings. The minimum atomic E-state index is -0.301. The second kappa shape index (κ2) is 5.97. The zero-order valence-electron chi connectivity index (χ0n) is 12.1. The number of hydrogen-bond donors (Lipinski definition) is 0. The SMILES string of the molecule is Cc1cccc(C2=NOCC(=O)N2Cc2ccc(F)cc2)c1. The number of benzene rings is 2. The summed E-state index contributed by atoms with van der Waals surface area (Å²) in [4.78, 5) is 18.8. The van der Waals surface area contributed by atoms with E-state index < -0.39 is 0 Å². The van der Waals surface area contributed by atoms with E-state index in [1.54, 1.807) is 17.0 Å². The Labute approximate surface area is 127 Å². The Kier molecular flexibility index (Phi) is 3.87. The number of oxime groups is 1. The highest BCUT2D eigenvalue weighted by Crippen LogP contribution is 2.16. The molecule has 2 aromatic carbocycles. The first kappa shape index (κ1) is 14.3. The van der Waals surface area contributed by atoms with Crippen LogP contribution in [0.3, 0.4) is 0 Å². The molecular weight excluding hydrogens is 283 g/mol. The summed E-state index contributed by atoms with van der Waals surface area (Å²) in [5.41, 5.74) is 2.71. The van der Waals surface area contributed by atoms with Crippen LogP contribution in [0.5, 0.6) is 0 Å². The van der Waals surface area contributed by atoms with E-state index in [-0.39, 0.29) is 18.3 Å². The number of aryl methyl sites for hydroxylation is 1. The van der Waals surface area contributed by atoms with Gasteiger partial charge in [-0.3, -0.25) is 9.69 Å². The van der Waals surface area contributed by atoms with Crippen LogP contribution in [0.1, 0.15) is 16.7 Å². The molecule has 0 fully saturated rings. The minimum Gasteiger partial charge on any atom is -0.384 e. The second-order valence-electron chi connectivity index (χ2n) is 5.16. The summed E-state index contributed by atoms with van der Waals surface area (Å²) in [5.74, 6) is 0.00438. The molecule has 1 amide bonds. The maximum atomic E-state index is 13.0. The summed E-state index contributed by atoms with van der Waals surface area (Å²) in [6.07, 6.45) is 0. The van der Waals surface area contributed by atoms with Gasteiger partial charge >= 0.3 is 0 Å². The van der Waals surface area contributed by atoms with Gasteiger partial charge in [0.25, 0.3) is 5.91 Å². The lowest BCUT2D eigenvalue weighted by molar-refractivity contribution is -0.134. The first-order chi connectivity index (χ1) is 10.6. The Balaban J connectivity index is 1.92. The fourth-order valence-corrected chi connectivity index (χ4v) is 2.32. The predicted octanol–water partition coefficient (Wildman–Crippen LogP) is 2.85. The zero-order valence-corrected chi connectivity index (χ0v) is 12.1. The zero-order chi connectivity index (χ0) is 15.5. The number of amidine groups is 1. The Morgan fingerprint density at radius 3 is 2.73 bits per heavy atom. The molecule has 1 heterocycles. The van der Waals surface area contributed by atoms with Gasteiger partial charge in [0, 0.05) is 5.56 Å². The van der Waals surface area contributed by atoms with Crippen LogP contribution in [-0.2, 0) is 16.2 Å². The molecule has 112 valence electrons. The summed E-state index contributed by atoms with van der Waals surface area (Å²) >= 11 is 0. The van der Waals surface area contributed by atoms with E-state index in [1.807, 2.05) is 31.2 Å². The number of carbonyl (C=O) groups excluding carboxylic acids is 1. The number of rotatable bonds is 3. The van der Waals surface area contributed by atoms with E-state index in [0.29, 0.717) is 12.4 Å². The number of carbonyl (C=O) groups is 1. The summed E-state index contributed by atoms with van der Waals surface area (Å²) < 4.78 is 13.0. The summed E-state index contributed by atoms with van der Waals surface area (Å²) in [7, 11) is 0. The van der Waals surface area contributed by atoms with E-state index in [9.17, 15) is 9.18 Å². The molecular formula is C17H15FN2O2. The molecule has 1 aliphatic heterocycles. The number of amides is 1. The van der Waals surface area contributed by atoms with Gasteiger partial charge in [0.2, 0.25) is 0 Å². The van der Waals surface area contributed by atoms with Crippen molar-refractivity contribution in [3.05, 3.63) is 71.0 Å². The van der Waals surface area contributed by atoms with E-state index >= 15 is 0 Å². The Morgan fingerprint density at radius 1 is 1.23 bits per heavy atom. The highest BCUT2D eigenvalue weighted by Gasteiger charge is 2.26. The third-order valence-corrected chi connectivity index (χ3v) is 3.43. The van der Waals surface area contributed by atoms with Gasteiger partial charge in [0.05, 0.1) is 6.54 Å². The lowest BCUT2D eigenvalue weighted by Gasteiger charge is -2.27. The van der Waals surface area contributed by atoms with Crippen LogP contribution in [0.15, 0.2) is 53.7 Å². The van der Waals surface area contributed by atoms with Crippen LogP contribution in [0, 0.1) is 12.7 Å². The number of hydrogen-bond acceptors (Lipinski definition) is 3. The Hall–Kier alpha value is -2.69. The second-order valence-corrected chi connectivity index (χ2v) is 5.16. The molecule has 0 atom stereocenters. The molecule has 3 rings (SSSR count). The maximum Gasteiger partial charge on any atom is 0.269 e. The lowest BCUT2D eigenvalue weighted by atomic mass is 10.1. The largest absolute Gasteiger partial charge is 0.384 e. The van der Waals surface area contributed by atoms with Gasteiger partial charge in [0.1, 0.15) is 5.82 Å². The molecule has 0 bridgehead atoms. The van der Waals surface area contributed by atoms with E-state index in [0.717, 1.165) is 16.7 Å². The van der Waals surface area contributed by atoms with Crippen LogP contribution >= 0.6 is 0 Å². The van der Waals surface area contributed by atoms with Crippen molar-refractivity contribution in [1.82, 2.24) is 4.90 Å². The third-order valence-electron chi connectivity index (χ3n) is 3.43. The lowest BCUT2D eigenvalue weighted by Crippen LogP contribution is -2.42. The molecule has 22 heavy (non-hydrogen) atoms. The third kappa shape index (κ3) is 2.98. The molecule has 5 heteroatoms. The van der Waals surface area contributed by atoms with Crippen molar-refractivity contribution in [2.75, 3.05) is 6.61 Å². The Morgan fingerprint density at radius 2 is 2.00 bits per heavy atom. The fourth-order valence-electron chi connectivity index (χ4n) is 2.32. The van der Waals surface area contributed by atoms with Crippen molar-refractivity contribution < 1.29 is 14.0 Å². The van der Waals surface area contributed by atoms with Gasteiger partial charge in [-0.1, -0.05) is 41.1 Å².